The summed E-state index contributed by atoms with van der Waals surface area (Å²) in [6.45, 7) is 0. The highest BCUT2D eigenvalue weighted by Crippen LogP contribution is 2.15. The molecule has 2 aromatic heterocycles. The van der Waals surface area contributed by atoms with Crippen molar-refractivity contribution < 1.29 is 0 Å². The number of pyridine rings is 1. The lowest BCUT2D eigenvalue weighted by Crippen LogP contribution is -1.95. The van der Waals surface area contributed by atoms with Crippen LogP contribution in [0.4, 0.5) is 0 Å². The van der Waals surface area contributed by atoms with Gasteiger partial charge in [0.1, 0.15) is 5.82 Å². The second-order valence-corrected chi connectivity index (χ2v) is 4.87. The maximum Gasteiger partial charge on any atom is 0.162 e. The number of fused-ring (bicyclic) bond motifs is 1. The second kappa shape index (κ2) is 4.59. The van der Waals surface area contributed by atoms with E-state index in [1.807, 2.05) is 40.9 Å². The van der Waals surface area contributed by atoms with Gasteiger partial charge in [-0.3, -0.25) is 4.40 Å². The van der Waals surface area contributed by atoms with Crippen LogP contribution < -0.4 is 0 Å². The van der Waals surface area contributed by atoms with Crippen LogP contribution in [0.2, 0.25) is 10.0 Å². The highest BCUT2D eigenvalue weighted by atomic mass is 35.5. The van der Waals surface area contributed by atoms with Gasteiger partial charge in [-0.25, -0.2) is 0 Å². The summed E-state index contributed by atoms with van der Waals surface area (Å²) in [6, 6.07) is 11.3. The van der Waals surface area contributed by atoms with E-state index in [1.165, 1.54) is 0 Å². The summed E-state index contributed by atoms with van der Waals surface area (Å²) in [5.41, 5.74) is 1.90. The van der Waals surface area contributed by atoms with Gasteiger partial charge in [0.25, 0.3) is 0 Å². The summed E-state index contributed by atoms with van der Waals surface area (Å²) in [5, 5.41) is 9.66. The lowest BCUT2D eigenvalue weighted by molar-refractivity contribution is 0.934. The smallest absolute Gasteiger partial charge is 0.162 e. The average Bonchev–Trinajstić information content (AvgIpc) is 2.74. The molecule has 0 atom stereocenters. The molecule has 1 aromatic carbocycles. The highest BCUT2D eigenvalue weighted by molar-refractivity contribution is 6.31. The topological polar surface area (TPSA) is 30.2 Å². The van der Waals surface area contributed by atoms with Crippen LogP contribution in [0.1, 0.15) is 11.4 Å². The molecular formula is C13H9Cl2N3. The molecular weight excluding hydrogens is 269 g/mol. The molecule has 18 heavy (non-hydrogen) atoms. The van der Waals surface area contributed by atoms with Crippen LogP contribution in [0.5, 0.6) is 0 Å². The summed E-state index contributed by atoms with van der Waals surface area (Å²) >= 11 is 11.8. The Kier molecular flexibility index (Phi) is 2.94. The molecule has 0 unspecified atom stereocenters. The Morgan fingerprint density at radius 3 is 2.50 bits per heavy atom. The van der Waals surface area contributed by atoms with Gasteiger partial charge in [0.15, 0.2) is 5.65 Å². The first kappa shape index (κ1) is 11.5. The zero-order chi connectivity index (χ0) is 12.5. The van der Waals surface area contributed by atoms with E-state index in [1.54, 1.807) is 6.07 Å². The number of hydrogen-bond acceptors (Lipinski definition) is 2. The SMILES string of the molecule is Clc1ccc(Cc2nnc3cc(Cl)ccn23)cc1. The van der Waals surface area contributed by atoms with Crippen molar-refractivity contribution in [1.82, 2.24) is 14.6 Å². The average molecular weight is 278 g/mol. The molecule has 0 bridgehead atoms. The fourth-order valence-corrected chi connectivity index (χ4v) is 2.10. The lowest BCUT2D eigenvalue weighted by Gasteiger charge is -2.01. The van der Waals surface area contributed by atoms with Gasteiger partial charge in [-0.05, 0) is 23.8 Å². The van der Waals surface area contributed by atoms with E-state index in [4.69, 9.17) is 23.2 Å². The van der Waals surface area contributed by atoms with Crippen molar-refractivity contribution in [2.45, 2.75) is 6.42 Å². The van der Waals surface area contributed by atoms with Gasteiger partial charge in [0.2, 0.25) is 0 Å². The van der Waals surface area contributed by atoms with Crippen LogP contribution in [0, 0.1) is 0 Å². The van der Waals surface area contributed by atoms with Gasteiger partial charge in [0, 0.05) is 28.7 Å². The minimum absolute atomic E-state index is 0.660. The van der Waals surface area contributed by atoms with Gasteiger partial charge < -0.3 is 0 Å². The molecule has 0 saturated carbocycles. The Morgan fingerprint density at radius 2 is 1.72 bits per heavy atom. The summed E-state index contributed by atoms with van der Waals surface area (Å²) in [4.78, 5) is 0. The third kappa shape index (κ3) is 2.19. The van der Waals surface area contributed by atoms with E-state index in [9.17, 15) is 0 Å². The molecule has 0 N–H and O–H groups in total. The van der Waals surface area contributed by atoms with Crippen molar-refractivity contribution in [1.29, 1.82) is 0 Å². The van der Waals surface area contributed by atoms with E-state index in [0.717, 1.165) is 22.1 Å². The molecule has 5 heteroatoms. The fraction of sp³-hybridized carbons (Fsp3) is 0.0769. The van der Waals surface area contributed by atoms with Crippen LogP contribution in [0.25, 0.3) is 5.65 Å². The molecule has 0 radical (unpaired) electrons. The Morgan fingerprint density at radius 1 is 0.944 bits per heavy atom. The van der Waals surface area contributed by atoms with Gasteiger partial charge in [-0.2, -0.15) is 0 Å². The quantitative estimate of drug-likeness (QED) is 0.716. The van der Waals surface area contributed by atoms with E-state index in [-0.39, 0.29) is 0 Å². The third-order valence-corrected chi connectivity index (χ3v) is 3.21. The summed E-state index contributed by atoms with van der Waals surface area (Å²) < 4.78 is 1.93. The van der Waals surface area contributed by atoms with E-state index in [0.29, 0.717) is 11.4 Å². The first-order chi connectivity index (χ1) is 8.72. The summed E-state index contributed by atoms with van der Waals surface area (Å²) in [7, 11) is 0. The van der Waals surface area contributed by atoms with Crippen LogP contribution in [0.15, 0.2) is 42.6 Å². The Bertz CT molecular complexity index is 689. The molecule has 3 nitrogen and oxygen atoms in total. The molecule has 3 rings (SSSR count). The molecule has 2 heterocycles. The van der Waals surface area contributed by atoms with Gasteiger partial charge in [0.05, 0.1) is 0 Å². The Labute approximate surface area is 114 Å². The van der Waals surface area contributed by atoms with Gasteiger partial charge >= 0.3 is 0 Å². The summed E-state index contributed by atoms with van der Waals surface area (Å²) in [6.07, 6.45) is 2.59. The monoisotopic (exact) mass is 277 g/mol. The van der Waals surface area contributed by atoms with Crippen LogP contribution in [-0.4, -0.2) is 14.6 Å². The molecule has 90 valence electrons. The standard InChI is InChI=1S/C13H9Cl2N3/c14-10-3-1-9(2-4-10)7-12-16-17-13-8-11(15)5-6-18(12)13/h1-6,8H,7H2. The van der Waals surface area contributed by atoms with Gasteiger partial charge in [-0.1, -0.05) is 35.3 Å². The van der Waals surface area contributed by atoms with E-state index in [2.05, 4.69) is 10.2 Å². The third-order valence-electron chi connectivity index (χ3n) is 2.72. The first-order valence-electron chi connectivity index (χ1n) is 5.46. The Balaban J connectivity index is 1.97. The maximum absolute atomic E-state index is 5.91. The van der Waals surface area contributed by atoms with Crippen molar-refractivity contribution in [3.8, 4) is 0 Å². The second-order valence-electron chi connectivity index (χ2n) is 3.99. The number of hydrogen-bond donors (Lipinski definition) is 0. The fourth-order valence-electron chi connectivity index (χ4n) is 1.82. The maximum atomic E-state index is 5.91. The number of halogens is 2. The molecule has 0 fully saturated rings. The van der Waals surface area contributed by atoms with Crippen molar-refractivity contribution >= 4 is 28.8 Å². The normalized spacial score (nSPS) is 11.0. The minimum atomic E-state index is 0.660. The lowest BCUT2D eigenvalue weighted by atomic mass is 10.1. The number of benzene rings is 1. The molecule has 0 spiro atoms. The molecule has 0 aliphatic rings. The molecule has 0 amide bonds. The van der Waals surface area contributed by atoms with Crippen molar-refractivity contribution in [3.63, 3.8) is 0 Å². The minimum Gasteiger partial charge on any atom is -0.286 e. The first-order valence-corrected chi connectivity index (χ1v) is 6.21. The zero-order valence-corrected chi connectivity index (χ0v) is 10.9. The van der Waals surface area contributed by atoms with Gasteiger partial charge in [-0.15, -0.1) is 10.2 Å². The Hall–Kier alpha value is -1.58. The predicted molar refractivity (Wildman–Crippen MR) is 72.3 cm³/mol. The van der Waals surface area contributed by atoms with Crippen molar-refractivity contribution in [3.05, 3.63) is 64.0 Å². The summed E-state index contributed by atoms with van der Waals surface area (Å²) in [5.74, 6) is 0.879. The predicted octanol–water partition coefficient (Wildman–Crippen LogP) is 3.63. The van der Waals surface area contributed by atoms with E-state index >= 15 is 0 Å². The number of nitrogens with zero attached hydrogens (tertiary/aromatic N) is 3. The number of aromatic nitrogens is 3. The van der Waals surface area contributed by atoms with Crippen LogP contribution in [-0.2, 0) is 6.42 Å². The number of rotatable bonds is 2. The molecule has 0 saturated heterocycles. The van der Waals surface area contributed by atoms with E-state index < -0.39 is 0 Å². The van der Waals surface area contributed by atoms with Crippen LogP contribution >= 0.6 is 23.2 Å². The zero-order valence-electron chi connectivity index (χ0n) is 9.35. The van der Waals surface area contributed by atoms with Crippen molar-refractivity contribution in [2.75, 3.05) is 0 Å². The molecule has 0 aliphatic heterocycles. The molecule has 3 aromatic rings. The van der Waals surface area contributed by atoms with Crippen LogP contribution in [0.3, 0.4) is 0 Å². The highest BCUT2D eigenvalue weighted by Gasteiger charge is 2.06. The molecule has 0 aliphatic carbocycles. The van der Waals surface area contributed by atoms with Crippen molar-refractivity contribution in [2.24, 2.45) is 0 Å². The largest absolute Gasteiger partial charge is 0.286 e.